The minimum atomic E-state index is -1.39. The quantitative estimate of drug-likeness (QED) is 0.687. The van der Waals surface area contributed by atoms with E-state index in [1.165, 1.54) is 13.0 Å². The van der Waals surface area contributed by atoms with Crippen LogP contribution in [0.1, 0.15) is 26.3 Å². The second-order valence-corrected chi connectivity index (χ2v) is 5.87. The molecule has 0 saturated heterocycles. The predicted molar refractivity (Wildman–Crippen MR) is 86.1 cm³/mol. The third kappa shape index (κ3) is 4.72. The highest BCUT2D eigenvalue weighted by atomic mass is 16.7. The third-order valence-electron chi connectivity index (χ3n) is 3.47. The van der Waals surface area contributed by atoms with Crippen molar-refractivity contribution >= 4 is 23.9 Å². The Bertz CT molecular complexity index is 726. The van der Waals surface area contributed by atoms with Crippen LogP contribution in [0, 0.1) is 5.92 Å². The van der Waals surface area contributed by atoms with Crippen molar-refractivity contribution in [2.45, 2.75) is 26.8 Å². The van der Waals surface area contributed by atoms with Crippen molar-refractivity contribution in [1.29, 1.82) is 0 Å². The maximum Gasteiger partial charge on any atom is 0.268 e. The Morgan fingerprint density at radius 2 is 1.88 bits per heavy atom. The van der Waals surface area contributed by atoms with E-state index in [4.69, 9.17) is 9.47 Å². The Kier molecular flexibility index (Phi) is 5.63. The molecule has 1 heterocycles. The van der Waals surface area contributed by atoms with Crippen LogP contribution in [0.3, 0.4) is 0 Å². The van der Waals surface area contributed by atoms with E-state index in [2.05, 4.69) is 10.6 Å². The van der Waals surface area contributed by atoms with Gasteiger partial charge in [-0.2, -0.15) is 0 Å². The summed E-state index contributed by atoms with van der Waals surface area (Å²) in [4.78, 5) is 34.9. The fraction of sp³-hybridized carbons (Fsp3) is 0.353. The standard InChI is InChI=1S/C17H20N2O6/c1-9(2)15(17(22)23)19-16(21)12(18-10(3)20)6-11-4-5-13-14(7-11)25-8-24-13/h4-7,9,15H,8H2,1-3H3,(H,18,20)(H,19,21)(H,22,23)/p-1/t15-/m0/s1. The molecule has 8 nitrogen and oxygen atoms in total. The van der Waals surface area contributed by atoms with E-state index in [-0.39, 0.29) is 18.4 Å². The van der Waals surface area contributed by atoms with Crippen LogP contribution >= 0.6 is 0 Å². The lowest BCUT2D eigenvalue weighted by Crippen LogP contribution is -2.52. The number of carbonyl (C=O) groups excluding carboxylic acids is 3. The van der Waals surface area contributed by atoms with Gasteiger partial charge in [0.2, 0.25) is 12.7 Å². The molecule has 134 valence electrons. The summed E-state index contributed by atoms with van der Waals surface area (Å²) < 4.78 is 10.5. The van der Waals surface area contributed by atoms with Gasteiger partial charge in [-0.15, -0.1) is 0 Å². The number of carboxylic acid groups (broad SMARTS) is 1. The van der Waals surface area contributed by atoms with E-state index in [0.717, 1.165) is 0 Å². The number of hydrogen-bond acceptors (Lipinski definition) is 6. The van der Waals surface area contributed by atoms with Crippen LogP contribution in [-0.2, 0) is 14.4 Å². The van der Waals surface area contributed by atoms with E-state index in [1.807, 2.05) is 0 Å². The zero-order valence-corrected chi connectivity index (χ0v) is 14.1. The molecule has 0 bridgehead atoms. The van der Waals surface area contributed by atoms with Gasteiger partial charge < -0.3 is 30.0 Å². The minimum Gasteiger partial charge on any atom is -0.548 e. The van der Waals surface area contributed by atoms with Gasteiger partial charge in [0.15, 0.2) is 11.5 Å². The Morgan fingerprint density at radius 3 is 2.48 bits per heavy atom. The van der Waals surface area contributed by atoms with Crippen molar-refractivity contribution in [3.8, 4) is 11.5 Å². The number of amides is 2. The topological polar surface area (TPSA) is 117 Å². The molecule has 0 spiro atoms. The molecule has 2 amide bonds. The van der Waals surface area contributed by atoms with Crippen molar-refractivity contribution in [1.82, 2.24) is 10.6 Å². The van der Waals surface area contributed by atoms with Crippen LogP contribution in [0.15, 0.2) is 23.9 Å². The summed E-state index contributed by atoms with van der Waals surface area (Å²) in [5.41, 5.74) is 0.496. The van der Waals surface area contributed by atoms with Gasteiger partial charge in [0, 0.05) is 6.92 Å². The normalized spacial score (nSPS) is 14.2. The number of aliphatic carboxylic acids is 1. The molecule has 0 aromatic heterocycles. The van der Waals surface area contributed by atoms with E-state index in [9.17, 15) is 19.5 Å². The zero-order chi connectivity index (χ0) is 18.6. The predicted octanol–water partition coefficient (Wildman–Crippen LogP) is -0.217. The Balaban J connectivity index is 2.27. The van der Waals surface area contributed by atoms with Gasteiger partial charge in [0.25, 0.3) is 5.91 Å². The summed E-state index contributed by atoms with van der Waals surface area (Å²) >= 11 is 0. The molecule has 0 unspecified atom stereocenters. The second-order valence-electron chi connectivity index (χ2n) is 5.87. The maximum atomic E-state index is 12.4. The van der Waals surface area contributed by atoms with Crippen LogP contribution < -0.4 is 25.2 Å². The molecular weight excluding hydrogens is 328 g/mol. The summed E-state index contributed by atoms with van der Waals surface area (Å²) in [5.74, 6) is -1.86. The number of rotatable bonds is 6. The molecule has 2 rings (SSSR count). The fourth-order valence-corrected chi connectivity index (χ4v) is 2.23. The number of nitrogens with one attached hydrogen (secondary N) is 2. The van der Waals surface area contributed by atoms with Crippen LogP contribution in [-0.4, -0.2) is 30.6 Å². The lowest BCUT2D eigenvalue weighted by molar-refractivity contribution is -0.309. The highest BCUT2D eigenvalue weighted by Gasteiger charge is 2.21. The first-order valence-corrected chi connectivity index (χ1v) is 7.68. The first kappa shape index (κ1) is 18.3. The van der Waals surface area contributed by atoms with Crippen molar-refractivity contribution < 1.29 is 29.0 Å². The summed E-state index contributed by atoms with van der Waals surface area (Å²) in [5, 5.41) is 15.9. The van der Waals surface area contributed by atoms with Crippen LogP contribution in [0.4, 0.5) is 0 Å². The molecule has 0 fully saturated rings. The fourth-order valence-electron chi connectivity index (χ4n) is 2.23. The number of fused-ring (bicyclic) bond motifs is 1. The third-order valence-corrected chi connectivity index (χ3v) is 3.47. The lowest BCUT2D eigenvalue weighted by atomic mass is 10.0. The second kappa shape index (κ2) is 7.69. The number of hydrogen-bond donors (Lipinski definition) is 2. The first-order chi connectivity index (χ1) is 11.8. The van der Waals surface area contributed by atoms with Crippen LogP contribution in [0.2, 0.25) is 0 Å². The highest BCUT2D eigenvalue weighted by molar-refractivity contribution is 6.02. The Morgan fingerprint density at radius 1 is 1.20 bits per heavy atom. The van der Waals surface area contributed by atoms with Crippen LogP contribution in [0.5, 0.6) is 11.5 Å². The van der Waals surface area contributed by atoms with Gasteiger partial charge in [-0.05, 0) is 29.7 Å². The molecule has 0 aliphatic carbocycles. The van der Waals surface area contributed by atoms with E-state index < -0.39 is 23.8 Å². The van der Waals surface area contributed by atoms with Gasteiger partial charge in [-0.3, -0.25) is 9.59 Å². The average Bonchev–Trinajstić information content (AvgIpc) is 2.98. The molecule has 25 heavy (non-hydrogen) atoms. The van der Waals surface area contributed by atoms with E-state index in [1.54, 1.807) is 32.0 Å². The summed E-state index contributed by atoms with van der Waals surface area (Å²) in [6, 6.07) is 3.83. The SMILES string of the molecule is CC(=O)NC(=Cc1ccc2c(c1)OCO2)C(=O)N[C@H](C(=O)[O-])C(C)C. The first-order valence-electron chi connectivity index (χ1n) is 7.68. The molecular formula is C17H19N2O6-. The van der Waals surface area contributed by atoms with E-state index in [0.29, 0.717) is 17.1 Å². The molecule has 1 atom stereocenters. The molecule has 0 saturated carbocycles. The lowest BCUT2D eigenvalue weighted by Gasteiger charge is -2.23. The van der Waals surface area contributed by atoms with Gasteiger partial charge in [0.05, 0.1) is 12.0 Å². The van der Waals surface area contributed by atoms with Crippen molar-refractivity contribution in [3.63, 3.8) is 0 Å². The van der Waals surface area contributed by atoms with Crippen molar-refractivity contribution in [2.75, 3.05) is 6.79 Å². The monoisotopic (exact) mass is 347 g/mol. The molecule has 1 aliphatic rings. The molecule has 1 aromatic rings. The van der Waals surface area contributed by atoms with Gasteiger partial charge in [0.1, 0.15) is 5.70 Å². The number of carboxylic acids is 1. The van der Waals surface area contributed by atoms with Crippen molar-refractivity contribution in [3.05, 3.63) is 29.5 Å². The number of benzene rings is 1. The molecule has 1 aliphatic heterocycles. The highest BCUT2D eigenvalue weighted by Crippen LogP contribution is 2.33. The van der Waals surface area contributed by atoms with Crippen molar-refractivity contribution in [2.24, 2.45) is 5.92 Å². The Hall–Kier alpha value is -3.03. The van der Waals surface area contributed by atoms with E-state index >= 15 is 0 Å². The summed E-state index contributed by atoms with van der Waals surface area (Å²) in [6.45, 7) is 4.64. The maximum absolute atomic E-state index is 12.4. The van der Waals surface area contributed by atoms with Gasteiger partial charge >= 0.3 is 0 Å². The number of ether oxygens (including phenoxy) is 2. The molecule has 1 aromatic carbocycles. The molecule has 0 radical (unpaired) electrons. The van der Waals surface area contributed by atoms with Crippen LogP contribution in [0.25, 0.3) is 6.08 Å². The van der Waals surface area contributed by atoms with Gasteiger partial charge in [-0.1, -0.05) is 19.9 Å². The summed E-state index contributed by atoms with van der Waals surface area (Å²) in [6.07, 6.45) is 1.42. The van der Waals surface area contributed by atoms with Gasteiger partial charge in [-0.25, -0.2) is 0 Å². The number of carbonyl (C=O) groups is 3. The average molecular weight is 347 g/mol. The smallest absolute Gasteiger partial charge is 0.268 e. The minimum absolute atomic E-state index is 0.0849. The Labute approximate surface area is 144 Å². The largest absolute Gasteiger partial charge is 0.548 e. The summed E-state index contributed by atoms with van der Waals surface area (Å²) in [7, 11) is 0. The molecule has 8 heteroatoms. The zero-order valence-electron chi connectivity index (χ0n) is 14.1. The molecule has 2 N–H and O–H groups in total.